The molecule has 0 saturated heterocycles. The maximum absolute atomic E-state index is 12.7. The van der Waals surface area contributed by atoms with Gasteiger partial charge in [-0.1, -0.05) is 53.7 Å². The van der Waals surface area contributed by atoms with E-state index in [-0.39, 0.29) is 5.91 Å². The Morgan fingerprint density at radius 1 is 0.964 bits per heavy atom. The van der Waals surface area contributed by atoms with Crippen LogP contribution in [-0.4, -0.2) is 42.6 Å². The van der Waals surface area contributed by atoms with E-state index in [1.54, 1.807) is 29.0 Å². The average molecular weight is 372 g/mol. The molecule has 0 fully saturated rings. The Morgan fingerprint density at radius 2 is 1.68 bits per heavy atom. The van der Waals surface area contributed by atoms with Crippen LogP contribution in [0, 0.1) is 0 Å². The Hall–Kier alpha value is -3.74. The largest absolute Gasteiger partial charge is 0.336 e. The van der Waals surface area contributed by atoms with E-state index in [9.17, 15) is 4.79 Å². The molecule has 0 atom stereocenters. The van der Waals surface area contributed by atoms with Gasteiger partial charge in [-0.3, -0.25) is 9.48 Å². The molecule has 28 heavy (non-hydrogen) atoms. The lowest BCUT2D eigenvalue weighted by Crippen LogP contribution is -2.26. The molecule has 0 radical (unpaired) electrons. The SMILES string of the molecule is CN(Cc1cnn(Cc2ccccc2)c1)C(=O)c1cn(-c2ccccc2)nn1. The number of para-hydroxylation sites is 1. The molecular formula is C21H20N6O. The van der Waals surface area contributed by atoms with Crippen molar-refractivity contribution in [3.05, 3.63) is 96.1 Å². The minimum absolute atomic E-state index is 0.182. The van der Waals surface area contributed by atoms with E-state index in [0.29, 0.717) is 18.8 Å². The average Bonchev–Trinajstić information content (AvgIpc) is 3.39. The Labute approximate surface area is 162 Å². The number of carbonyl (C=O) groups excluding carboxylic acids is 1. The van der Waals surface area contributed by atoms with Gasteiger partial charge in [0, 0.05) is 25.4 Å². The summed E-state index contributed by atoms with van der Waals surface area (Å²) in [5, 5.41) is 12.5. The summed E-state index contributed by atoms with van der Waals surface area (Å²) in [6.07, 6.45) is 5.39. The Balaban J connectivity index is 1.40. The van der Waals surface area contributed by atoms with Gasteiger partial charge in [0.05, 0.1) is 24.6 Å². The van der Waals surface area contributed by atoms with Crippen LogP contribution in [0.3, 0.4) is 0 Å². The number of carbonyl (C=O) groups is 1. The summed E-state index contributed by atoms with van der Waals surface area (Å²) in [5.74, 6) is -0.182. The first kappa shape index (κ1) is 17.7. The van der Waals surface area contributed by atoms with E-state index < -0.39 is 0 Å². The zero-order valence-corrected chi connectivity index (χ0v) is 15.5. The summed E-state index contributed by atoms with van der Waals surface area (Å²) < 4.78 is 3.47. The highest BCUT2D eigenvalue weighted by Crippen LogP contribution is 2.10. The Kier molecular flexibility index (Phi) is 4.97. The lowest BCUT2D eigenvalue weighted by molar-refractivity contribution is 0.0779. The highest BCUT2D eigenvalue weighted by molar-refractivity contribution is 5.91. The van der Waals surface area contributed by atoms with Gasteiger partial charge in [-0.05, 0) is 17.7 Å². The molecule has 0 N–H and O–H groups in total. The standard InChI is InChI=1S/C21H20N6O/c1-25(13-18-12-22-26(15-18)14-17-8-4-2-5-9-17)21(28)20-16-27(24-23-20)19-10-6-3-7-11-19/h2-12,15-16H,13-14H2,1H3. The zero-order valence-electron chi connectivity index (χ0n) is 15.5. The fourth-order valence-corrected chi connectivity index (χ4v) is 2.95. The van der Waals surface area contributed by atoms with E-state index in [1.165, 1.54) is 5.56 Å². The summed E-state index contributed by atoms with van der Waals surface area (Å²) in [7, 11) is 1.75. The molecule has 7 nitrogen and oxygen atoms in total. The predicted octanol–water partition coefficient (Wildman–Crippen LogP) is 2.78. The molecule has 4 aromatic rings. The van der Waals surface area contributed by atoms with Crippen LogP contribution in [0.4, 0.5) is 0 Å². The number of hydrogen-bond donors (Lipinski definition) is 0. The molecule has 4 rings (SSSR count). The minimum Gasteiger partial charge on any atom is -0.336 e. The van der Waals surface area contributed by atoms with E-state index >= 15 is 0 Å². The van der Waals surface area contributed by atoms with Crippen LogP contribution in [-0.2, 0) is 13.1 Å². The summed E-state index contributed by atoms with van der Waals surface area (Å²) in [6, 6.07) is 19.7. The lowest BCUT2D eigenvalue weighted by atomic mass is 10.2. The third-order valence-corrected chi connectivity index (χ3v) is 4.37. The molecule has 2 aromatic carbocycles. The van der Waals surface area contributed by atoms with Crippen LogP contribution < -0.4 is 0 Å². The summed E-state index contributed by atoms with van der Waals surface area (Å²) in [6.45, 7) is 1.15. The van der Waals surface area contributed by atoms with Gasteiger partial charge >= 0.3 is 0 Å². The molecule has 0 bridgehead atoms. The van der Waals surface area contributed by atoms with Gasteiger partial charge in [0.25, 0.3) is 5.91 Å². The monoisotopic (exact) mass is 372 g/mol. The molecular weight excluding hydrogens is 352 g/mol. The van der Waals surface area contributed by atoms with Crippen molar-refractivity contribution in [2.45, 2.75) is 13.1 Å². The second-order valence-corrected chi connectivity index (χ2v) is 6.58. The Bertz CT molecular complexity index is 1050. The van der Waals surface area contributed by atoms with Crippen LogP contribution in [0.5, 0.6) is 0 Å². The molecule has 1 amide bonds. The minimum atomic E-state index is -0.182. The quantitative estimate of drug-likeness (QED) is 0.522. The molecule has 0 aliphatic rings. The highest BCUT2D eigenvalue weighted by atomic mass is 16.2. The molecule has 7 heteroatoms. The predicted molar refractivity (Wildman–Crippen MR) is 105 cm³/mol. The fraction of sp³-hybridized carbons (Fsp3) is 0.143. The number of hydrogen-bond acceptors (Lipinski definition) is 4. The van der Waals surface area contributed by atoms with Crippen LogP contribution in [0.25, 0.3) is 5.69 Å². The smallest absolute Gasteiger partial charge is 0.276 e. The van der Waals surface area contributed by atoms with Crippen molar-refractivity contribution in [3.8, 4) is 5.69 Å². The van der Waals surface area contributed by atoms with Gasteiger partial charge in [-0.15, -0.1) is 5.10 Å². The number of aromatic nitrogens is 5. The van der Waals surface area contributed by atoms with Gasteiger partial charge in [0.15, 0.2) is 5.69 Å². The molecule has 0 aliphatic heterocycles. The van der Waals surface area contributed by atoms with E-state index in [1.807, 2.05) is 59.4 Å². The van der Waals surface area contributed by atoms with Crippen LogP contribution in [0.15, 0.2) is 79.3 Å². The van der Waals surface area contributed by atoms with Gasteiger partial charge in [0.1, 0.15) is 0 Å². The first-order valence-corrected chi connectivity index (χ1v) is 8.97. The van der Waals surface area contributed by atoms with Crippen molar-refractivity contribution in [2.75, 3.05) is 7.05 Å². The molecule has 0 spiro atoms. The summed E-state index contributed by atoms with van der Waals surface area (Å²) in [4.78, 5) is 14.3. The topological polar surface area (TPSA) is 68.8 Å². The van der Waals surface area contributed by atoms with Crippen molar-refractivity contribution in [1.82, 2.24) is 29.7 Å². The van der Waals surface area contributed by atoms with Crippen molar-refractivity contribution >= 4 is 5.91 Å². The number of amides is 1. The fourth-order valence-electron chi connectivity index (χ4n) is 2.95. The van der Waals surface area contributed by atoms with E-state index in [2.05, 4.69) is 27.5 Å². The normalized spacial score (nSPS) is 10.8. The third kappa shape index (κ3) is 3.98. The highest BCUT2D eigenvalue weighted by Gasteiger charge is 2.17. The molecule has 2 aromatic heterocycles. The zero-order chi connectivity index (χ0) is 19.3. The van der Waals surface area contributed by atoms with Gasteiger partial charge < -0.3 is 4.90 Å². The maximum atomic E-state index is 12.7. The number of benzene rings is 2. The third-order valence-electron chi connectivity index (χ3n) is 4.37. The van der Waals surface area contributed by atoms with Crippen molar-refractivity contribution in [1.29, 1.82) is 0 Å². The van der Waals surface area contributed by atoms with Gasteiger partial charge in [-0.2, -0.15) is 5.10 Å². The molecule has 0 saturated carbocycles. The van der Waals surface area contributed by atoms with Gasteiger partial charge in [0.2, 0.25) is 0 Å². The molecule has 2 heterocycles. The first-order valence-electron chi connectivity index (χ1n) is 8.97. The van der Waals surface area contributed by atoms with E-state index in [0.717, 1.165) is 11.3 Å². The lowest BCUT2D eigenvalue weighted by Gasteiger charge is -2.14. The first-order chi connectivity index (χ1) is 13.7. The molecule has 0 aliphatic carbocycles. The second-order valence-electron chi connectivity index (χ2n) is 6.58. The summed E-state index contributed by atoms with van der Waals surface area (Å²) >= 11 is 0. The van der Waals surface area contributed by atoms with E-state index in [4.69, 9.17) is 0 Å². The summed E-state index contributed by atoms with van der Waals surface area (Å²) in [5.41, 5.74) is 3.31. The van der Waals surface area contributed by atoms with Crippen molar-refractivity contribution in [2.24, 2.45) is 0 Å². The Morgan fingerprint density at radius 3 is 2.43 bits per heavy atom. The second kappa shape index (κ2) is 7.87. The van der Waals surface area contributed by atoms with Gasteiger partial charge in [-0.25, -0.2) is 4.68 Å². The van der Waals surface area contributed by atoms with Crippen LogP contribution >= 0.6 is 0 Å². The molecule has 140 valence electrons. The maximum Gasteiger partial charge on any atom is 0.276 e. The van der Waals surface area contributed by atoms with Crippen LogP contribution in [0.1, 0.15) is 21.6 Å². The number of rotatable bonds is 6. The van der Waals surface area contributed by atoms with Crippen molar-refractivity contribution < 1.29 is 4.79 Å². The van der Waals surface area contributed by atoms with Crippen LogP contribution in [0.2, 0.25) is 0 Å². The molecule has 0 unspecified atom stereocenters. The van der Waals surface area contributed by atoms with Crippen molar-refractivity contribution in [3.63, 3.8) is 0 Å². The number of nitrogens with zero attached hydrogens (tertiary/aromatic N) is 6.